The van der Waals surface area contributed by atoms with E-state index in [0.717, 1.165) is 30.8 Å². The first kappa shape index (κ1) is 10.4. The van der Waals surface area contributed by atoms with E-state index in [1.54, 1.807) is 11.3 Å². The Morgan fingerprint density at radius 2 is 2.36 bits per heavy atom. The lowest BCUT2D eigenvalue weighted by Crippen LogP contribution is -2.45. The molecule has 0 amide bonds. The molecule has 1 aliphatic rings. The Morgan fingerprint density at radius 3 is 2.86 bits per heavy atom. The molecule has 2 rings (SSSR count). The maximum atomic E-state index is 9.81. The number of hydrogen-bond donors (Lipinski definition) is 2. The Balaban J connectivity index is 1.72. The third-order valence-electron chi connectivity index (χ3n) is 2.66. The molecule has 0 bridgehead atoms. The molecule has 0 aromatic carbocycles. The highest BCUT2D eigenvalue weighted by Crippen LogP contribution is 2.30. The van der Waals surface area contributed by atoms with E-state index >= 15 is 0 Å². The van der Waals surface area contributed by atoms with Gasteiger partial charge in [0.15, 0.2) is 0 Å². The topological polar surface area (TPSA) is 32.3 Å². The number of thiophene rings is 1. The standard InChI is InChI=1S/C10H14ClNOS/c11-8-4-9(14-6-8)5-12-7-10(13)2-1-3-10/h4,6,12-13H,1-3,5,7H2. The molecule has 2 nitrogen and oxygen atoms in total. The lowest BCUT2D eigenvalue weighted by Gasteiger charge is -2.36. The Morgan fingerprint density at radius 1 is 1.57 bits per heavy atom. The van der Waals surface area contributed by atoms with Crippen molar-refractivity contribution in [2.45, 2.75) is 31.4 Å². The summed E-state index contributed by atoms with van der Waals surface area (Å²) in [5.74, 6) is 0. The van der Waals surface area contributed by atoms with Gasteiger partial charge in [0, 0.05) is 23.3 Å². The van der Waals surface area contributed by atoms with Crippen LogP contribution in [-0.2, 0) is 6.54 Å². The smallest absolute Gasteiger partial charge is 0.0771 e. The van der Waals surface area contributed by atoms with Crippen molar-refractivity contribution >= 4 is 22.9 Å². The zero-order valence-corrected chi connectivity index (χ0v) is 9.50. The van der Waals surface area contributed by atoms with E-state index in [4.69, 9.17) is 11.6 Å². The fraction of sp³-hybridized carbons (Fsp3) is 0.600. The van der Waals surface area contributed by atoms with Gasteiger partial charge in [0.25, 0.3) is 0 Å². The summed E-state index contributed by atoms with van der Waals surface area (Å²) < 4.78 is 0. The molecule has 0 unspecified atom stereocenters. The molecular weight excluding hydrogens is 218 g/mol. The van der Waals surface area contributed by atoms with Gasteiger partial charge in [-0.15, -0.1) is 11.3 Å². The molecule has 14 heavy (non-hydrogen) atoms. The fourth-order valence-corrected chi connectivity index (χ4v) is 2.67. The van der Waals surface area contributed by atoms with Crippen LogP contribution in [0.25, 0.3) is 0 Å². The molecule has 1 aromatic heterocycles. The molecule has 1 fully saturated rings. The van der Waals surface area contributed by atoms with Gasteiger partial charge in [0.05, 0.1) is 10.6 Å². The van der Waals surface area contributed by atoms with Crippen molar-refractivity contribution in [3.05, 3.63) is 21.3 Å². The van der Waals surface area contributed by atoms with Crippen LogP contribution in [-0.4, -0.2) is 17.3 Å². The summed E-state index contributed by atoms with van der Waals surface area (Å²) in [6.45, 7) is 1.50. The highest BCUT2D eigenvalue weighted by molar-refractivity contribution is 7.10. The summed E-state index contributed by atoms with van der Waals surface area (Å²) in [4.78, 5) is 1.22. The molecule has 0 radical (unpaired) electrons. The highest BCUT2D eigenvalue weighted by atomic mass is 35.5. The predicted molar refractivity (Wildman–Crippen MR) is 59.8 cm³/mol. The monoisotopic (exact) mass is 231 g/mol. The van der Waals surface area contributed by atoms with E-state index < -0.39 is 5.60 Å². The quantitative estimate of drug-likeness (QED) is 0.834. The molecule has 1 saturated carbocycles. The van der Waals surface area contributed by atoms with E-state index in [0.29, 0.717) is 6.54 Å². The fourth-order valence-electron chi connectivity index (χ4n) is 1.63. The molecule has 0 spiro atoms. The molecule has 78 valence electrons. The van der Waals surface area contributed by atoms with Gasteiger partial charge in [0.2, 0.25) is 0 Å². The predicted octanol–water partition coefficient (Wildman–Crippen LogP) is 2.41. The molecule has 0 atom stereocenters. The van der Waals surface area contributed by atoms with E-state index in [2.05, 4.69) is 5.32 Å². The number of halogens is 1. The first-order valence-electron chi connectivity index (χ1n) is 4.84. The lowest BCUT2D eigenvalue weighted by molar-refractivity contribution is -0.0314. The zero-order chi connectivity index (χ0) is 10.0. The van der Waals surface area contributed by atoms with Gasteiger partial charge in [-0.2, -0.15) is 0 Å². The Kier molecular flexibility index (Phi) is 3.12. The van der Waals surface area contributed by atoms with E-state index in [1.807, 2.05) is 11.4 Å². The third kappa shape index (κ3) is 2.48. The van der Waals surface area contributed by atoms with Crippen molar-refractivity contribution in [3.8, 4) is 0 Å². The van der Waals surface area contributed by atoms with Gasteiger partial charge in [-0.05, 0) is 25.3 Å². The second-order valence-corrected chi connectivity index (χ2v) is 5.34. The number of aliphatic hydroxyl groups is 1. The van der Waals surface area contributed by atoms with Gasteiger partial charge >= 0.3 is 0 Å². The van der Waals surface area contributed by atoms with Crippen LogP contribution in [0.5, 0.6) is 0 Å². The van der Waals surface area contributed by atoms with Gasteiger partial charge in [0.1, 0.15) is 0 Å². The largest absolute Gasteiger partial charge is 0.389 e. The Labute approximate surface area is 92.9 Å². The second-order valence-electron chi connectivity index (χ2n) is 3.91. The molecule has 4 heteroatoms. The van der Waals surface area contributed by atoms with Crippen molar-refractivity contribution in [1.82, 2.24) is 5.32 Å². The van der Waals surface area contributed by atoms with Crippen LogP contribution in [0.3, 0.4) is 0 Å². The van der Waals surface area contributed by atoms with Crippen molar-refractivity contribution in [1.29, 1.82) is 0 Å². The van der Waals surface area contributed by atoms with Gasteiger partial charge in [-0.3, -0.25) is 0 Å². The number of nitrogens with one attached hydrogen (secondary N) is 1. The summed E-state index contributed by atoms with van der Waals surface area (Å²) in [6.07, 6.45) is 3.03. The average Bonchev–Trinajstić information content (AvgIpc) is 2.49. The zero-order valence-electron chi connectivity index (χ0n) is 7.92. The van der Waals surface area contributed by atoms with Crippen molar-refractivity contribution in [3.63, 3.8) is 0 Å². The van der Waals surface area contributed by atoms with Gasteiger partial charge < -0.3 is 10.4 Å². The summed E-state index contributed by atoms with van der Waals surface area (Å²) in [5.41, 5.74) is -0.430. The maximum Gasteiger partial charge on any atom is 0.0771 e. The normalized spacial score (nSPS) is 19.3. The average molecular weight is 232 g/mol. The summed E-state index contributed by atoms with van der Waals surface area (Å²) in [5, 5.41) is 15.8. The molecule has 0 aliphatic heterocycles. The molecular formula is C10H14ClNOS. The van der Waals surface area contributed by atoms with Crippen LogP contribution < -0.4 is 5.32 Å². The van der Waals surface area contributed by atoms with Crippen LogP contribution in [0.1, 0.15) is 24.1 Å². The third-order valence-corrected chi connectivity index (χ3v) is 3.94. The summed E-state index contributed by atoms with van der Waals surface area (Å²) in [6, 6.07) is 1.96. The molecule has 2 N–H and O–H groups in total. The van der Waals surface area contributed by atoms with E-state index in [9.17, 15) is 5.11 Å². The van der Waals surface area contributed by atoms with Crippen molar-refractivity contribution in [2.24, 2.45) is 0 Å². The lowest BCUT2D eigenvalue weighted by atomic mass is 9.80. The van der Waals surface area contributed by atoms with Gasteiger partial charge in [-0.25, -0.2) is 0 Å². The van der Waals surface area contributed by atoms with Crippen molar-refractivity contribution < 1.29 is 5.11 Å². The summed E-state index contributed by atoms with van der Waals surface area (Å²) in [7, 11) is 0. The van der Waals surface area contributed by atoms with Gasteiger partial charge in [-0.1, -0.05) is 11.6 Å². The molecule has 1 aliphatic carbocycles. The number of hydrogen-bond acceptors (Lipinski definition) is 3. The summed E-state index contributed by atoms with van der Waals surface area (Å²) >= 11 is 7.45. The van der Waals surface area contributed by atoms with Crippen LogP contribution in [0, 0.1) is 0 Å². The van der Waals surface area contributed by atoms with E-state index in [1.165, 1.54) is 4.88 Å². The van der Waals surface area contributed by atoms with Crippen LogP contribution >= 0.6 is 22.9 Å². The number of rotatable bonds is 4. The molecule has 0 saturated heterocycles. The Hall–Kier alpha value is -0.0900. The van der Waals surface area contributed by atoms with Crippen LogP contribution in [0.2, 0.25) is 5.02 Å². The SMILES string of the molecule is OC1(CNCc2cc(Cl)cs2)CCC1. The van der Waals surface area contributed by atoms with Crippen molar-refractivity contribution in [2.75, 3.05) is 6.54 Å². The highest BCUT2D eigenvalue weighted by Gasteiger charge is 2.33. The Bertz CT molecular complexity index is 309. The molecule has 1 heterocycles. The van der Waals surface area contributed by atoms with Crippen LogP contribution in [0.15, 0.2) is 11.4 Å². The maximum absolute atomic E-state index is 9.81. The molecule has 1 aromatic rings. The minimum atomic E-state index is -0.430. The van der Waals surface area contributed by atoms with E-state index in [-0.39, 0.29) is 0 Å². The van der Waals surface area contributed by atoms with Crippen LogP contribution in [0.4, 0.5) is 0 Å². The minimum absolute atomic E-state index is 0.430. The first-order chi connectivity index (χ1) is 6.68. The minimum Gasteiger partial charge on any atom is -0.389 e. The first-order valence-corrected chi connectivity index (χ1v) is 6.10. The second kappa shape index (κ2) is 4.19.